The van der Waals surface area contributed by atoms with Crippen molar-refractivity contribution >= 4 is 15.9 Å². The van der Waals surface area contributed by atoms with Gasteiger partial charge in [0.1, 0.15) is 0 Å². The van der Waals surface area contributed by atoms with Crippen LogP contribution in [0.3, 0.4) is 0 Å². The molecule has 2 unspecified atom stereocenters. The van der Waals surface area contributed by atoms with Gasteiger partial charge in [0, 0.05) is 11.2 Å². The maximum Gasteiger partial charge on any atom is 0.0863 e. The second kappa shape index (κ2) is 4.50. The standard InChI is InChI=1S/C11H19BrO2/c1-9-6-13-7-10(9)14-11(8-12)4-2-3-5-11/h9-10H,2-8H2,1H3. The third kappa shape index (κ3) is 2.15. The fraction of sp³-hybridized carbons (Fsp3) is 1.00. The largest absolute Gasteiger partial charge is 0.378 e. The molecule has 0 aromatic rings. The minimum Gasteiger partial charge on any atom is -0.378 e. The lowest BCUT2D eigenvalue weighted by molar-refractivity contribution is -0.0861. The van der Waals surface area contributed by atoms with E-state index < -0.39 is 0 Å². The number of halogens is 1. The first-order chi connectivity index (χ1) is 6.76. The molecule has 0 aromatic carbocycles. The van der Waals surface area contributed by atoms with Crippen molar-refractivity contribution in [3.05, 3.63) is 0 Å². The van der Waals surface area contributed by atoms with Gasteiger partial charge in [0.05, 0.1) is 24.9 Å². The molecule has 1 saturated carbocycles. The summed E-state index contributed by atoms with van der Waals surface area (Å²) in [7, 11) is 0. The van der Waals surface area contributed by atoms with Crippen LogP contribution in [0.25, 0.3) is 0 Å². The summed E-state index contributed by atoms with van der Waals surface area (Å²) in [5, 5.41) is 0.975. The van der Waals surface area contributed by atoms with Gasteiger partial charge in [-0.3, -0.25) is 0 Å². The second-order valence-electron chi connectivity index (χ2n) is 4.69. The summed E-state index contributed by atoms with van der Waals surface area (Å²) < 4.78 is 11.7. The van der Waals surface area contributed by atoms with Crippen molar-refractivity contribution in [2.24, 2.45) is 5.92 Å². The molecule has 0 aromatic heterocycles. The molecule has 0 amide bonds. The number of hydrogen-bond donors (Lipinski definition) is 0. The first-order valence-corrected chi connectivity index (χ1v) is 6.69. The normalized spacial score (nSPS) is 36.4. The van der Waals surface area contributed by atoms with E-state index in [4.69, 9.17) is 9.47 Å². The average molecular weight is 263 g/mol. The highest BCUT2D eigenvalue weighted by Gasteiger charge is 2.39. The van der Waals surface area contributed by atoms with Crippen LogP contribution >= 0.6 is 15.9 Å². The van der Waals surface area contributed by atoms with Crippen LogP contribution in [0.1, 0.15) is 32.6 Å². The fourth-order valence-electron chi connectivity index (χ4n) is 2.42. The Kier molecular flexibility index (Phi) is 3.50. The van der Waals surface area contributed by atoms with E-state index in [-0.39, 0.29) is 5.60 Å². The molecule has 2 fully saturated rings. The lowest BCUT2D eigenvalue weighted by atomic mass is 10.0. The van der Waals surface area contributed by atoms with E-state index in [1.54, 1.807) is 0 Å². The minimum atomic E-state index is 0.118. The van der Waals surface area contributed by atoms with Crippen molar-refractivity contribution in [2.75, 3.05) is 18.5 Å². The lowest BCUT2D eigenvalue weighted by Crippen LogP contribution is -2.38. The molecule has 2 rings (SSSR count). The Morgan fingerprint density at radius 2 is 2.07 bits per heavy atom. The van der Waals surface area contributed by atoms with Crippen LogP contribution < -0.4 is 0 Å². The van der Waals surface area contributed by atoms with Crippen molar-refractivity contribution in [1.29, 1.82) is 0 Å². The Labute approximate surface area is 94.5 Å². The molecule has 3 heteroatoms. The monoisotopic (exact) mass is 262 g/mol. The molecule has 1 aliphatic carbocycles. The summed E-state index contributed by atoms with van der Waals surface area (Å²) in [6.45, 7) is 3.87. The zero-order chi connectivity index (χ0) is 10.0. The summed E-state index contributed by atoms with van der Waals surface area (Å²) in [6, 6.07) is 0. The molecular weight excluding hydrogens is 244 g/mol. The topological polar surface area (TPSA) is 18.5 Å². The van der Waals surface area contributed by atoms with E-state index in [0.29, 0.717) is 12.0 Å². The van der Waals surface area contributed by atoms with Gasteiger partial charge in [0.2, 0.25) is 0 Å². The molecule has 1 heterocycles. The van der Waals surface area contributed by atoms with Crippen LogP contribution in [0.5, 0.6) is 0 Å². The average Bonchev–Trinajstić information content (AvgIpc) is 2.79. The van der Waals surface area contributed by atoms with Crippen molar-refractivity contribution in [1.82, 2.24) is 0 Å². The summed E-state index contributed by atoms with van der Waals surface area (Å²) >= 11 is 3.59. The number of rotatable bonds is 3. The van der Waals surface area contributed by atoms with Gasteiger partial charge in [-0.25, -0.2) is 0 Å². The maximum absolute atomic E-state index is 6.25. The first-order valence-electron chi connectivity index (χ1n) is 5.57. The van der Waals surface area contributed by atoms with Crippen molar-refractivity contribution in [2.45, 2.75) is 44.3 Å². The number of hydrogen-bond acceptors (Lipinski definition) is 2. The molecule has 2 nitrogen and oxygen atoms in total. The van der Waals surface area contributed by atoms with E-state index in [1.807, 2.05) is 0 Å². The fourth-order valence-corrected chi connectivity index (χ4v) is 3.11. The predicted molar refractivity (Wildman–Crippen MR) is 59.8 cm³/mol. The molecule has 14 heavy (non-hydrogen) atoms. The van der Waals surface area contributed by atoms with Crippen LogP contribution in [-0.4, -0.2) is 30.2 Å². The molecule has 0 N–H and O–H groups in total. The van der Waals surface area contributed by atoms with Gasteiger partial charge in [0.15, 0.2) is 0 Å². The highest BCUT2D eigenvalue weighted by Crippen LogP contribution is 2.37. The van der Waals surface area contributed by atoms with E-state index in [9.17, 15) is 0 Å². The zero-order valence-electron chi connectivity index (χ0n) is 8.80. The Morgan fingerprint density at radius 1 is 1.36 bits per heavy atom. The van der Waals surface area contributed by atoms with Crippen LogP contribution in [-0.2, 0) is 9.47 Å². The third-order valence-corrected chi connectivity index (χ3v) is 4.48. The Balaban J connectivity index is 1.93. The lowest BCUT2D eigenvalue weighted by Gasteiger charge is -2.31. The first kappa shape index (κ1) is 10.9. The summed E-state index contributed by atoms with van der Waals surface area (Å²) in [6.07, 6.45) is 5.37. The smallest absolute Gasteiger partial charge is 0.0863 e. The quantitative estimate of drug-likeness (QED) is 0.729. The molecule has 2 aliphatic rings. The van der Waals surface area contributed by atoms with Gasteiger partial charge in [-0.1, -0.05) is 35.7 Å². The van der Waals surface area contributed by atoms with Gasteiger partial charge in [-0.05, 0) is 12.8 Å². The predicted octanol–water partition coefficient (Wildman–Crippen LogP) is 2.75. The molecule has 0 bridgehead atoms. The van der Waals surface area contributed by atoms with Crippen molar-refractivity contribution in [3.8, 4) is 0 Å². The van der Waals surface area contributed by atoms with Crippen molar-refractivity contribution < 1.29 is 9.47 Å². The summed E-state index contributed by atoms with van der Waals surface area (Å²) in [5.74, 6) is 0.562. The van der Waals surface area contributed by atoms with Crippen LogP contribution in [0.2, 0.25) is 0 Å². The van der Waals surface area contributed by atoms with E-state index in [0.717, 1.165) is 18.5 Å². The van der Waals surface area contributed by atoms with Gasteiger partial charge < -0.3 is 9.47 Å². The van der Waals surface area contributed by atoms with Gasteiger partial charge >= 0.3 is 0 Å². The van der Waals surface area contributed by atoms with E-state index in [2.05, 4.69) is 22.9 Å². The maximum atomic E-state index is 6.25. The Morgan fingerprint density at radius 3 is 2.57 bits per heavy atom. The number of ether oxygens (including phenoxy) is 2. The molecular formula is C11H19BrO2. The van der Waals surface area contributed by atoms with Gasteiger partial charge in [0.25, 0.3) is 0 Å². The Bertz CT molecular complexity index is 190. The summed E-state index contributed by atoms with van der Waals surface area (Å²) in [4.78, 5) is 0. The highest BCUT2D eigenvalue weighted by atomic mass is 79.9. The van der Waals surface area contributed by atoms with Crippen LogP contribution in [0.4, 0.5) is 0 Å². The molecule has 0 spiro atoms. The van der Waals surface area contributed by atoms with E-state index >= 15 is 0 Å². The van der Waals surface area contributed by atoms with Crippen LogP contribution in [0.15, 0.2) is 0 Å². The van der Waals surface area contributed by atoms with Crippen LogP contribution in [0, 0.1) is 5.92 Å². The second-order valence-corrected chi connectivity index (χ2v) is 5.26. The summed E-state index contributed by atoms with van der Waals surface area (Å²) in [5.41, 5.74) is 0.118. The van der Waals surface area contributed by atoms with Gasteiger partial charge in [-0.2, -0.15) is 0 Å². The third-order valence-electron chi connectivity index (χ3n) is 3.46. The Hall–Kier alpha value is 0.400. The number of alkyl halides is 1. The molecule has 1 saturated heterocycles. The molecule has 82 valence electrons. The van der Waals surface area contributed by atoms with Crippen molar-refractivity contribution in [3.63, 3.8) is 0 Å². The molecule has 1 aliphatic heterocycles. The molecule has 2 atom stereocenters. The van der Waals surface area contributed by atoms with Gasteiger partial charge in [-0.15, -0.1) is 0 Å². The highest BCUT2D eigenvalue weighted by molar-refractivity contribution is 9.09. The SMILES string of the molecule is CC1COCC1OC1(CBr)CCCC1. The zero-order valence-corrected chi connectivity index (χ0v) is 10.4. The van der Waals surface area contributed by atoms with E-state index in [1.165, 1.54) is 25.7 Å². The minimum absolute atomic E-state index is 0.118. The molecule has 0 radical (unpaired) electrons.